The number of allylic oxidation sites excluding steroid dienone is 2. The minimum absolute atomic E-state index is 0.0493. The van der Waals surface area contributed by atoms with E-state index in [9.17, 15) is 71.5 Å². The summed E-state index contributed by atoms with van der Waals surface area (Å²) in [6, 6.07) is 0. The van der Waals surface area contributed by atoms with Crippen LogP contribution in [0.25, 0.3) is 0 Å². The Labute approximate surface area is 445 Å². The summed E-state index contributed by atoms with van der Waals surface area (Å²) in [7, 11) is 0. The number of fused-ring (bicyclic) bond motifs is 5. The Bertz CT molecular complexity index is 1980. The second kappa shape index (κ2) is 22.9. The minimum Gasteiger partial charge on any atom is -0.394 e. The van der Waals surface area contributed by atoms with Gasteiger partial charge in [0.1, 0.15) is 91.6 Å². The van der Waals surface area contributed by atoms with Crippen molar-refractivity contribution in [2.45, 2.75) is 261 Å². The first kappa shape index (κ1) is 60.9. The maximum atomic E-state index is 12.8. The summed E-state index contributed by atoms with van der Waals surface area (Å²) in [5.41, 5.74) is -1.49. The van der Waals surface area contributed by atoms with E-state index in [1.165, 1.54) is 6.92 Å². The molecule has 0 bridgehead atoms. The zero-order chi connectivity index (χ0) is 55.9. The van der Waals surface area contributed by atoms with Gasteiger partial charge in [-0.15, -0.1) is 0 Å². The van der Waals surface area contributed by atoms with Gasteiger partial charge in [0.15, 0.2) is 25.2 Å². The van der Waals surface area contributed by atoms with Crippen LogP contribution in [0, 0.1) is 45.3 Å². The van der Waals surface area contributed by atoms with Gasteiger partial charge < -0.3 is 109 Å². The molecule has 0 amide bonds. The van der Waals surface area contributed by atoms with Crippen LogP contribution in [0.2, 0.25) is 0 Å². The van der Waals surface area contributed by atoms with Gasteiger partial charge in [-0.2, -0.15) is 0 Å². The molecule has 0 spiro atoms. The third kappa shape index (κ3) is 10.5. The molecule has 5 unspecified atom stereocenters. The number of aliphatic hydroxyl groups excluding tert-OH is 14. The first-order valence-corrected chi connectivity index (χ1v) is 27.7. The summed E-state index contributed by atoms with van der Waals surface area (Å²) in [5.74, 6) is -0.404. The third-order valence-electron chi connectivity index (χ3n) is 20.9. The van der Waals surface area contributed by atoms with E-state index in [4.69, 9.17) is 37.9 Å². The largest absolute Gasteiger partial charge is 0.394 e. The van der Waals surface area contributed by atoms with Crippen LogP contribution in [0.3, 0.4) is 0 Å². The Morgan fingerprint density at radius 2 is 1.13 bits per heavy atom. The molecule has 4 aliphatic carbocycles. The van der Waals surface area contributed by atoms with Crippen LogP contribution in [0.4, 0.5) is 0 Å². The number of ether oxygens (including phenoxy) is 8. The molecule has 22 nitrogen and oxygen atoms in total. The molecule has 8 fully saturated rings. The average Bonchev–Trinajstić information content (AvgIpc) is 3.77. The summed E-state index contributed by atoms with van der Waals surface area (Å²) < 4.78 is 49.1. The molecule has 14 N–H and O–H groups in total. The predicted octanol–water partition coefficient (Wildman–Crippen LogP) is -1.17. The fraction of sp³-hybridized carbons (Fsp3) is 0.963. The van der Waals surface area contributed by atoms with E-state index in [2.05, 4.69) is 40.7 Å². The second-order valence-electron chi connectivity index (χ2n) is 25.7. The summed E-state index contributed by atoms with van der Waals surface area (Å²) >= 11 is 0. The normalized spacial score (nSPS) is 53.2. The Hall–Kier alpha value is -1.14. The molecule has 8 aliphatic rings. The van der Waals surface area contributed by atoms with Crippen molar-refractivity contribution in [2.75, 3.05) is 19.8 Å². The zero-order valence-corrected chi connectivity index (χ0v) is 45.6. The van der Waals surface area contributed by atoms with Crippen molar-refractivity contribution in [3.63, 3.8) is 0 Å². The molecule has 0 aromatic heterocycles. The van der Waals surface area contributed by atoms with Crippen LogP contribution in [0.5, 0.6) is 0 Å². The molecule has 0 aromatic rings. The van der Waals surface area contributed by atoms with Crippen LogP contribution in [0.15, 0.2) is 11.6 Å². The molecule has 440 valence electrons. The van der Waals surface area contributed by atoms with Gasteiger partial charge in [-0.05, 0) is 131 Å². The van der Waals surface area contributed by atoms with Crippen molar-refractivity contribution < 1.29 is 109 Å². The molecule has 4 aliphatic heterocycles. The van der Waals surface area contributed by atoms with Gasteiger partial charge in [-0.1, -0.05) is 46.3 Å². The lowest BCUT2D eigenvalue weighted by Gasteiger charge is -2.71. The monoisotopic (exact) mass is 1090 g/mol. The van der Waals surface area contributed by atoms with Crippen LogP contribution >= 0.6 is 0 Å². The Balaban J connectivity index is 1.01. The van der Waals surface area contributed by atoms with Gasteiger partial charge in [0, 0.05) is 0 Å². The Kier molecular flexibility index (Phi) is 18.4. The molecule has 30 atom stereocenters. The molecule has 0 aromatic carbocycles. The smallest absolute Gasteiger partial charge is 0.187 e. The third-order valence-corrected chi connectivity index (χ3v) is 20.9. The highest BCUT2D eigenvalue weighted by Crippen LogP contribution is 2.76. The summed E-state index contributed by atoms with van der Waals surface area (Å²) in [5, 5.41) is 152. The highest BCUT2D eigenvalue weighted by Gasteiger charge is 2.72. The van der Waals surface area contributed by atoms with E-state index < -0.39 is 171 Å². The molecule has 4 heterocycles. The Morgan fingerprint density at radius 3 is 1.76 bits per heavy atom. The average molecular weight is 1090 g/mol. The van der Waals surface area contributed by atoms with E-state index in [1.54, 1.807) is 0 Å². The number of hydrogen-bond acceptors (Lipinski definition) is 22. The fourth-order valence-corrected chi connectivity index (χ4v) is 16.2. The van der Waals surface area contributed by atoms with E-state index in [1.807, 2.05) is 20.8 Å². The predicted molar refractivity (Wildman–Crippen MR) is 265 cm³/mol. The van der Waals surface area contributed by atoms with Gasteiger partial charge >= 0.3 is 0 Å². The topological polar surface area (TPSA) is 357 Å². The van der Waals surface area contributed by atoms with Crippen molar-refractivity contribution >= 4 is 0 Å². The van der Waals surface area contributed by atoms with Crippen LogP contribution in [-0.2, 0) is 37.9 Å². The minimum atomic E-state index is -1.81. The van der Waals surface area contributed by atoms with Gasteiger partial charge in [0.2, 0.25) is 0 Å². The van der Waals surface area contributed by atoms with Crippen molar-refractivity contribution in [3.8, 4) is 0 Å². The van der Waals surface area contributed by atoms with Crippen LogP contribution in [-0.4, -0.2) is 232 Å². The fourth-order valence-electron chi connectivity index (χ4n) is 16.2. The molecule has 4 saturated carbocycles. The summed E-state index contributed by atoms with van der Waals surface area (Å²) in [6.07, 6.45) is -23.7. The van der Waals surface area contributed by atoms with Gasteiger partial charge in [0.05, 0.1) is 43.7 Å². The Morgan fingerprint density at radius 1 is 0.579 bits per heavy atom. The van der Waals surface area contributed by atoms with Gasteiger partial charge in [-0.25, -0.2) is 0 Å². The lowest BCUT2D eigenvalue weighted by atomic mass is 9.35. The number of rotatable bonds is 15. The standard InChI is InChI=1S/C54H92O22/c1-23(2)11-10-15-54(9,76-48-44(68)40(64)37(61)29(73-48)22-69-46-42(66)38(62)34(58)24(3)70-46)25-12-17-53(8)33(25)26(57)19-31-51(6)16-14-32(50(4,5)30(51)13-18-52(31,53)7)74-49-45(41(65)36(60)28(21-56)72-49)75-47-43(67)39(63)35(59)27(20-55)71-47/h11,24-49,55-68H,10,12-22H2,1-9H3/t24-,25-,26-,27-,28-,29-,30?,31?,32?,33?,34-,35-,36-,37-,38+,39+,40+,41+,42-,43-,44-,45-,46?,47+,48+,49-,51+,52-,53-,54+/m1/s1. The van der Waals surface area contributed by atoms with Crippen molar-refractivity contribution in [1.82, 2.24) is 0 Å². The quantitative estimate of drug-likeness (QED) is 0.0678. The molecular weight excluding hydrogens is 1000 g/mol. The second-order valence-corrected chi connectivity index (χ2v) is 25.7. The number of hydrogen-bond donors (Lipinski definition) is 14. The van der Waals surface area contributed by atoms with Crippen LogP contribution in [0.1, 0.15) is 120 Å². The number of aliphatic hydroxyl groups is 14. The van der Waals surface area contributed by atoms with Gasteiger partial charge in [-0.3, -0.25) is 0 Å². The van der Waals surface area contributed by atoms with Crippen molar-refractivity contribution in [1.29, 1.82) is 0 Å². The van der Waals surface area contributed by atoms with E-state index in [-0.39, 0.29) is 34.5 Å². The van der Waals surface area contributed by atoms with E-state index in [0.717, 1.165) is 24.8 Å². The molecular formula is C54H92O22. The first-order valence-electron chi connectivity index (χ1n) is 27.7. The SMILES string of the molecule is CC(C)=CCC[C@](C)(O[C@@H]1O[C@H](COC2O[C@H](C)[C@@H](O)[C@H](O)[C@H]2O)[C@@H](O)[C@H](O)[C@H]1O)[C@@H]1CC[C@]2(C)C1[C@H](O)CC1[C@@]3(C)CCC(O[C@H]4O[C@H](CO)[C@@H](O)[C@H](O)[C@H]4O[C@@H]4O[C@H](CO)[C@@H](O)[C@H](O)[C@H]4O)C(C)(C)C3CC[C@]12C. The summed E-state index contributed by atoms with van der Waals surface area (Å²) in [6.45, 7) is 16.9. The molecule has 22 heteroatoms. The molecule has 76 heavy (non-hydrogen) atoms. The van der Waals surface area contributed by atoms with Crippen LogP contribution < -0.4 is 0 Å². The maximum Gasteiger partial charge on any atom is 0.187 e. The van der Waals surface area contributed by atoms with E-state index in [0.29, 0.717) is 38.5 Å². The highest BCUT2D eigenvalue weighted by atomic mass is 16.8. The van der Waals surface area contributed by atoms with Crippen molar-refractivity contribution in [2.24, 2.45) is 45.3 Å². The van der Waals surface area contributed by atoms with Crippen molar-refractivity contribution in [3.05, 3.63) is 11.6 Å². The van der Waals surface area contributed by atoms with Gasteiger partial charge in [0.25, 0.3) is 0 Å². The summed E-state index contributed by atoms with van der Waals surface area (Å²) in [4.78, 5) is 0. The molecule has 8 rings (SSSR count). The maximum absolute atomic E-state index is 12.8. The highest BCUT2D eigenvalue weighted by molar-refractivity contribution is 5.20. The lowest BCUT2D eigenvalue weighted by molar-refractivity contribution is -0.378. The first-order chi connectivity index (χ1) is 35.5. The lowest BCUT2D eigenvalue weighted by Crippen LogP contribution is -2.68. The molecule has 0 radical (unpaired) electrons. The molecule has 4 saturated heterocycles. The van der Waals surface area contributed by atoms with E-state index >= 15 is 0 Å². The zero-order valence-electron chi connectivity index (χ0n) is 45.6.